The highest BCUT2D eigenvalue weighted by Crippen LogP contribution is 2.39. The summed E-state index contributed by atoms with van der Waals surface area (Å²) in [4.78, 5) is 0.0724. The van der Waals surface area contributed by atoms with Crippen LogP contribution < -0.4 is 4.74 Å². The molecule has 0 saturated heterocycles. The molecule has 57 heavy (non-hydrogen) atoms. The first-order valence-corrected chi connectivity index (χ1v) is 23.3. The standard InChI is InChI=1S/C32H45F3O.C16H25FO3S/c1-3-5-7-8-10-12-28(33)23-36-30-22-21-29(31(34)32(30)35)27-19-17-26(18-20-27)25-15-13-24(14-16-25)11-9-6-4-2;1-3-4-5-6-7-8-15(17)13-20-21(18,19)16-11-9-14(2)10-12-16/h17-22,24-25,28H,3-16,23H2,1-2H3;9-12,15H,3-8,13H2,1-2H3/t24?,25?,28-;15-/m00/s1. The SMILES string of the molecule is CCCCCCC[C@H](F)COS(=O)(=O)c1ccc(C)cc1.CCCCCCC[C@H](F)COc1ccc(-c2ccc(C3CCC(CCCCC)CC3)cc2)c(F)c1F. The van der Waals surface area contributed by atoms with E-state index in [4.69, 9.17) is 8.92 Å². The molecule has 0 radical (unpaired) electrons. The topological polar surface area (TPSA) is 52.6 Å². The van der Waals surface area contributed by atoms with Crippen molar-refractivity contribution in [3.05, 3.63) is 83.4 Å². The van der Waals surface area contributed by atoms with Crippen LogP contribution in [0.3, 0.4) is 0 Å². The average molecular weight is 819 g/mol. The highest BCUT2D eigenvalue weighted by atomic mass is 32.2. The minimum Gasteiger partial charge on any atom is -0.487 e. The van der Waals surface area contributed by atoms with Gasteiger partial charge in [-0.1, -0.05) is 153 Å². The summed E-state index contributed by atoms with van der Waals surface area (Å²) >= 11 is 0. The maximum atomic E-state index is 14.9. The number of halogens is 4. The fourth-order valence-corrected chi connectivity index (χ4v) is 8.42. The molecule has 3 aromatic rings. The highest BCUT2D eigenvalue weighted by Gasteiger charge is 2.23. The second-order valence-corrected chi connectivity index (χ2v) is 17.7. The maximum absolute atomic E-state index is 14.9. The molecule has 1 fully saturated rings. The van der Waals surface area contributed by atoms with Crippen LogP contribution in [0.2, 0.25) is 0 Å². The third kappa shape index (κ3) is 17.9. The summed E-state index contributed by atoms with van der Waals surface area (Å²) < 4.78 is 91.1. The highest BCUT2D eigenvalue weighted by molar-refractivity contribution is 7.86. The van der Waals surface area contributed by atoms with E-state index in [1.807, 2.05) is 19.1 Å². The van der Waals surface area contributed by atoms with Crippen molar-refractivity contribution in [3.8, 4) is 16.9 Å². The number of hydrogen-bond donors (Lipinski definition) is 0. The van der Waals surface area contributed by atoms with Crippen molar-refractivity contribution in [2.24, 2.45) is 5.92 Å². The Balaban J connectivity index is 0.000000353. The summed E-state index contributed by atoms with van der Waals surface area (Å²) in [6, 6.07) is 17.2. The first kappa shape index (κ1) is 48.5. The van der Waals surface area contributed by atoms with Crippen molar-refractivity contribution in [1.29, 1.82) is 0 Å². The summed E-state index contributed by atoms with van der Waals surface area (Å²) in [5.41, 5.74) is 3.10. The molecule has 3 aromatic carbocycles. The van der Waals surface area contributed by atoms with E-state index in [-0.39, 0.29) is 22.8 Å². The van der Waals surface area contributed by atoms with E-state index in [9.17, 15) is 26.0 Å². The Hall–Kier alpha value is -2.91. The minimum atomic E-state index is -3.85. The average Bonchev–Trinajstić information content (AvgIpc) is 3.21. The summed E-state index contributed by atoms with van der Waals surface area (Å²) in [5.74, 6) is -0.796. The second kappa shape index (κ2) is 27.0. The molecule has 0 aromatic heterocycles. The molecule has 0 N–H and O–H groups in total. The zero-order valence-corrected chi connectivity index (χ0v) is 36.0. The van der Waals surface area contributed by atoms with Gasteiger partial charge in [0.2, 0.25) is 5.82 Å². The summed E-state index contributed by atoms with van der Waals surface area (Å²) in [5, 5.41) is 0. The van der Waals surface area contributed by atoms with E-state index in [1.54, 1.807) is 12.1 Å². The first-order valence-electron chi connectivity index (χ1n) is 21.9. The molecule has 0 heterocycles. The Morgan fingerprint density at radius 2 is 1.18 bits per heavy atom. The van der Waals surface area contributed by atoms with Crippen LogP contribution in [0.5, 0.6) is 5.75 Å². The molecular weight excluding hydrogens is 749 g/mol. The fourth-order valence-electron chi connectivity index (χ4n) is 7.49. The van der Waals surface area contributed by atoms with Gasteiger partial charge in [-0.25, -0.2) is 13.2 Å². The van der Waals surface area contributed by atoms with Gasteiger partial charge in [0.25, 0.3) is 10.1 Å². The lowest BCUT2D eigenvalue weighted by Crippen LogP contribution is -2.15. The van der Waals surface area contributed by atoms with Crippen LogP contribution in [0, 0.1) is 24.5 Å². The van der Waals surface area contributed by atoms with Crippen LogP contribution in [0.15, 0.2) is 65.6 Å². The lowest BCUT2D eigenvalue weighted by Gasteiger charge is -2.29. The van der Waals surface area contributed by atoms with Gasteiger partial charge in [-0.2, -0.15) is 12.8 Å². The number of rotatable bonds is 25. The number of aryl methyl sites for hydroxylation is 1. The molecule has 4 nitrogen and oxygen atoms in total. The van der Waals surface area contributed by atoms with Gasteiger partial charge < -0.3 is 4.74 Å². The normalized spacial score (nSPS) is 16.8. The van der Waals surface area contributed by atoms with Crippen LogP contribution in [0.4, 0.5) is 17.6 Å². The molecule has 0 spiro atoms. The minimum absolute atomic E-state index is 0.0724. The van der Waals surface area contributed by atoms with E-state index < -0.39 is 40.7 Å². The van der Waals surface area contributed by atoms with Gasteiger partial charge in [0.1, 0.15) is 19.0 Å². The maximum Gasteiger partial charge on any atom is 0.297 e. The fraction of sp³-hybridized carbons (Fsp3) is 0.625. The zero-order valence-electron chi connectivity index (χ0n) is 35.2. The van der Waals surface area contributed by atoms with Gasteiger partial charge in [-0.15, -0.1) is 0 Å². The monoisotopic (exact) mass is 818 g/mol. The van der Waals surface area contributed by atoms with Crippen molar-refractivity contribution in [3.63, 3.8) is 0 Å². The molecule has 0 amide bonds. The van der Waals surface area contributed by atoms with Crippen LogP contribution in [-0.2, 0) is 14.3 Å². The van der Waals surface area contributed by atoms with Gasteiger partial charge in [-0.05, 0) is 92.7 Å². The van der Waals surface area contributed by atoms with E-state index in [2.05, 4.69) is 32.9 Å². The molecule has 320 valence electrons. The number of ether oxygens (including phenoxy) is 1. The number of unbranched alkanes of at least 4 members (excludes halogenated alkanes) is 10. The molecule has 0 unspecified atom stereocenters. The number of alkyl halides is 2. The summed E-state index contributed by atoms with van der Waals surface area (Å²) in [6.07, 6.45) is 19.0. The molecule has 1 aliphatic carbocycles. The Morgan fingerprint density at radius 3 is 1.75 bits per heavy atom. The van der Waals surface area contributed by atoms with Crippen LogP contribution >= 0.6 is 0 Å². The van der Waals surface area contributed by atoms with Gasteiger partial charge >= 0.3 is 0 Å². The Kier molecular flexibility index (Phi) is 22.9. The lowest BCUT2D eigenvalue weighted by atomic mass is 9.77. The molecule has 4 rings (SSSR count). The Labute approximate surface area is 342 Å². The first-order chi connectivity index (χ1) is 27.5. The van der Waals surface area contributed by atoms with Gasteiger partial charge in [-0.3, -0.25) is 4.18 Å². The zero-order chi connectivity index (χ0) is 41.5. The molecular formula is C48H70F4O4S. The lowest BCUT2D eigenvalue weighted by molar-refractivity contribution is 0.177. The molecule has 9 heteroatoms. The quantitative estimate of drug-likeness (QED) is 0.0485. The van der Waals surface area contributed by atoms with E-state index >= 15 is 0 Å². The molecule has 2 atom stereocenters. The van der Waals surface area contributed by atoms with Crippen LogP contribution in [-0.4, -0.2) is 34.0 Å². The molecule has 1 aliphatic rings. The number of benzene rings is 3. The van der Waals surface area contributed by atoms with Gasteiger partial charge in [0.15, 0.2) is 11.6 Å². The van der Waals surface area contributed by atoms with Crippen molar-refractivity contribution >= 4 is 10.1 Å². The van der Waals surface area contributed by atoms with E-state index in [1.165, 1.54) is 81.2 Å². The van der Waals surface area contributed by atoms with Crippen molar-refractivity contribution < 1.29 is 34.9 Å². The van der Waals surface area contributed by atoms with Gasteiger partial charge in [0.05, 0.1) is 11.5 Å². The third-order valence-corrected chi connectivity index (χ3v) is 12.5. The van der Waals surface area contributed by atoms with E-state index in [0.29, 0.717) is 24.3 Å². The second-order valence-electron chi connectivity index (χ2n) is 16.0. The molecule has 1 saturated carbocycles. The van der Waals surface area contributed by atoms with E-state index in [0.717, 1.165) is 75.7 Å². The molecule has 0 bridgehead atoms. The Morgan fingerprint density at radius 1 is 0.632 bits per heavy atom. The van der Waals surface area contributed by atoms with Crippen molar-refractivity contribution in [1.82, 2.24) is 0 Å². The summed E-state index contributed by atoms with van der Waals surface area (Å²) in [6.45, 7) is 7.74. The molecule has 0 aliphatic heterocycles. The van der Waals surface area contributed by atoms with Gasteiger partial charge in [0, 0.05) is 5.56 Å². The smallest absolute Gasteiger partial charge is 0.297 e. The van der Waals surface area contributed by atoms with Crippen molar-refractivity contribution in [2.45, 2.75) is 179 Å². The Bertz CT molecular complexity index is 1620. The predicted molar refractivity (Wildman–Crippen MR) is 227 cm³/mol. The predicted octanol–water partition coefficient (Wildman–Crippen LogP) is 15.0. The van der Waals surface area contributed by atoms with Crippen LogP contribution in [0.25, 0.3) is 11.1 Å². The largest absolute Gasteiger partial charge is 0.487 e. The number of hydrogen-bond acceptors (Lipinski definition) is 4. The third-order valence-electron chi connectivity index (χ3n) is 11.2. The van der Waals surface area contributed by atoms with Crippen LogP contribution in [0.1, 0.15) is 166 Å². The van der Waals surface area contributed by atoms with Crippen molar-refractivity contribution in [2.75, 3.05) is 13.2 Å². The summed E-state index contributed by atoms with van der Waals surface area (Å²) in [7, 11) is -3.85.